The van der Waals surface area contributed by atoms with E-state index in [9.17, 15) is 23.8 Å². The quantitative estimate of drug-likeness (QED) is 0.533. The molecule has 3 fully saturated rings. The largest absolute Gasteiger partial charge is 0.465 e. The number of nitrogens with zero attached hydrogens (tertiary/aromatic N) is 4. The molecule has 0 aliphatic carbocycles. The second-order valence-electron chi connectivity index (χ2n) is 8.56. The van der Waals surface area contributed by atoms with Crippen LogP contribution < -0.4 is 9.64 Å². The van der Waals surface area contributed by atoms with Crippen LogP contribution in [0.25, 0.3) is 21.7 Å². The Hall–Kier alpha value is -2.70. The standard InChI is InChI=1S/C20H19ClF2N4O5S/c1-19(2,30)20(22,23)32-15-12(21)6-11(16-24-3-4-33-16)14-13(15)25-17(31-14)26-7-9-5-10(8-26)27(9)18(28)29/h3-4,6,9-10,30H,5,7-8H2,1-2H3,(H,28,29). The lowest BCUT2D eigenvalue weighted by Gasteiger charge is -2.54. The predicted octanol–water partition coefficient (Wildman–Crippen LogP) is 4.29. The fourth-order valence-electron chi connectivity index (χ4n) is 4.10. The highest BCUT2D eigenvalue weighted by atomic mass is 35.5. The summed E-state index contributed by atoms with van der Waals surface area (Å²) in [6.07, 6.45) is -2.62. The van der Waals surface area contributed by atoms with Crippen LogP contribution in [-0.2, 0) is 0 Å². The molecule has 3 saturated heterocycles. The number of hydrogen-bond acceptors (Lipinski definition) is 8. The number of piperidine rings is 1. The molecule has 13 heteroatoms. The van der Waals surface area contributed by atoms with Crippen molar-refractivity contribution in [3.8, 4) is 16.3 Å². The van der Waals surface area contributed by atoms with Gasteiger partial charge in [0.05, 0.1) is 22.7 Å². The molecule has 6 rings (SSSR count). The molecule has 0 radical (unpaired) electrons. The van der Waals surface area contributed by atoms with Gasteiger partial charge in [-0.2, -0.15) is 13.8 Å². The van der Waals surface area contributed by atoms with E-state index in [4.69, 9.17) is 20.8 Å². The van der Waals surface area contributed by atoms with Crippen molar-refractivity contribution < 1.29 is 32.9 Å². The van der Waals surface area contributed by atoms with E-state index in [1.54, 1.807) is 16.5 Å². The highest BCUT2D eigenvalue weighted by Crippen LogP contribution is 2.46. The first-order chi connectivity index (χ1) is 15.5. The van der Waals surface area contributed by atoms with Gasteiger partial charge in [-0.25, -0.2) is 9.78 Å². The van der Waals surface area contributed by atoms with Crippen LogP contribution in [0.3, 0.4) is 0 Å². The van der Waals surface area contributed by atoms with E-state index in [1.807, 2.05) is 0 Å². The van der Waals surface area contributed by atoms with Crippen LogP contribution in [0.4, 0.5) is 19.6 Å². The van der Waals surface area contributed by atoms with E-state index in [-0.39, 0.29) is 34.2 Å². The number of fused-ring (bicyclic) bond motifs is 3. The second-order valence-corrected chi connectivity index (χ2v) is 9.86. The van der Waals surface area contributed by atoms with Crippen LogP contribution in [0.1, 0.15) is 20.3 Å². The number of carbonyl (C=O) groups is 1. The molecule has 2 N–H and O–H groups in total. The third-order valence-electron chi connectivity index (χ3n) is 5.85. The van der Waals surface area contributed by atoms with Gasteiger partial charge in [-0.05, 0) is 26.3 Å². The number of halogens is 3. The van der Waals surface area contributed by atoms with Crippen LogP contribution in [0.2, 0.25) is 5.02 Å². The Morgan fingerprint density at radius 2 is 2.06 bits per heavy atom. The lowest BCUT2D eigenvalue weighted by atomic mass is 9.88. The van der Waals surface area contributed by atoms with Crippen molar-refractivity contribution in [2.24, 2.45) is 0 Å². The molecule has 1 aromatic carbocycles. The average Bonchev–Trinajstić information content (AvgIpc) is 3.39. The van der Waals surface area contributed by atoms with Gasteiger partial charge >= 0.3 is 12.2 Å². The zero-order chi connectivity index (χ0) is 23.7. The Bertz CT molecular complexity index is 1220. The molecule has 3 aliphatic heterocycles. The molecule has 0 spiro atoms. The summed E-state index contributed by atoms with van der Waals surface area (Å²) in [5.41, 5.74) is -1.92. The molecule has 2 aromatic heterocycles. The zero-order valence-corrected chi connectivity index (χ0v) is 19.0. The smallest absolute Gasteiger partial charge is 0.426 e. The predicted molar refractivity (Wildman–Crippen MR) is 116 cm³/mol. The first-order valence-electron chi connectivity index (χ1n) is 10.0. The van der Waals surface area contributed by atoms with E-state index in [1.165, 1.54) is 22.3 Å². The number of hydrogen-bond donors (Lipinski definition) is 2. The number of carboxylic acid groups (broad SMARTS) is 1. The zero-order valence-electron chi connectivity index (χ0n) is 17.5. The number of oxazole rings is 1. The minimum Gasteiger partial charge on any atom is -0.465 e. The third-order valence-corrected chi connectivity index (χ3v) is 6.94. The van der Waals surface area contributed by atoms with Crippen molar-refractivity contribution in [3.05, 3.63) is 22.7 Å². The maximum absolute atomic E-state index is 14.6. The summed E-state index contributed by atoms with van der Waals surface area (Å²) in [5.74, 6) is -0.427. The van der Waals surface area contributed by atoms with Gasteiger partial charge in [0.15, 0.2) is 22.5 Å². The van der Waals surface area contributed by atoms with Gasteiger partial charge in [0.2, 0.25) is 0 Å². The third kappa shape index (κ3) is 3.56. The maximum atomic E-state index is 14.6. The average molecular weight is 501 g/mol. The Morgan fingerprint density at radius 1 is 1.36 bits per heavy atom. The van der Waals surface area contributed by atoms with E-state index in [2.05, 4.69) is 9.97 Å². The molecule has 5 heterocycles. The molecule has 0 saturated carbocycles. The lowest BCUT2D eigenvalue weighted by Crippen LogP contribution is -2.70. The minimum absolute atomic E-state index is 0.0408. The molecule has 2 unspecified atom stereocenters. The summed E-state index contributed by atoms with van der Waals surface area (Å²) in [6.45, 7) is 2.55. The van der Waals surface area contributed by atoms with Crippen molar-refractivity contribution >= 4 is 46.1 Å². The Morgan fingerprint density at radius 3 is 2.64 bits per heavy atom. The normalized spacial score (nSPS) is 20.8. The fraction of sp³-hybridized carbons (Fsp3) is 0.450. The summed E-state index contributed by atoms with van der Waals surface area (Å²) < 4.78 is 40.0. The monoisotopic (exact) mass is 500 g/mol. The van der Waals surface area contributed by atoms with Crippen molar-refractivity contribution in [2.45, 2.75) is 44.1 Å². The molecule has 9 nitrogen and oxygen atoms in total. The minimum atomic E-state index is -3.97. The van der Waals surface area contributed by atoms with Gasteiger partial charge in [-0.3, -0.25) is 4.90 Å². The van der Waals surface area contributed by atoms with Crippen molar-refractivity contribution in [2.75, 3.05) is 18.0 Å². The summed E-state index contributed by atoms with van der Waals surface area (Å²) in [5, 5.41) is 21.3. The van der Waals surface area contributed by atoms with E-state index >= 15 is 0 Å². The molecule has 2 atom stereocenters. The molecule has 3 aliphatic rings. The van der Waals surface area contributed by atoms with Crippen LogP contribution in [-0.4, -0.2) is 68.1 Å². The van der Waals surface area contributed by atoms with Gasteiger partial charge in [0.1, 0.15) is 5.01 Å². The topological polar surface area (TPSA) is 112 Å². The maximum Gasteiger partial charge on any atom is 0.426 e. The number of aliphatic hydroxyl groups is 1. The number of anilines is 1. The van der Waals surface area contributed by atoms with Crippen molar-refractivity contribution in [1.82, 2.24) is 14.9 Å². The molecule has 33 heavy (non-hydrogen) atoms. The number of rotatable bonds is 5. The molecule has 176 valence electrons. The number of benzene rings is 1. The summed E-state index contributed by atoms with van der Waals surface area (Å²) >= 11 is 7.64. The molecular weight excluding hydrogens is 482 g/mol. The van der Waals surface area contributed by atoms with Gasteiger partial charge in [-0.15, -0.1) is 11.3 Å². The lowest BCUT2D eigenvalue weighted by molar-refractivity contribution is -0.275. The highest BCUT2D eigenvalue weighted by molar-refractivity contribution is 7.13. The Balaban J connectivity index is 1.59. The second kappa shape index (κ2) is 7.40. The van der Waals surface area contributed by atoms with E-state index in [0.717, 1.165) is 20.3 Å². The van der Waals surface area contributed by atoms with Crippen LogP contribution >= 0.6 is 22.9 Å². The van der Waals surface area contributed by atoms with Crippen LogP contribution in [0.15, 0.2) is 22.1 Å². The fourth-order valence-corrected chi connectivity index (χ4v) is 4.98. The Kier molecular flexibility index (Phi) is 4.96. The molecule has 2 bridgehead atoms. The number of thiazole rings is 1. The number of aromatic nitrogens is 2. The summed E-state index contributed by atoms with van der Waals surface area (Å²) in [4.78, 5) is 23.2. The van der Waals surface area contributed by atoms with Gasteiger partial charge in [-0.1, -0.05) is 11.6 Å². The van der Waals surface area contributed by atoms with Crippen molar-refractivity contribution in [1.29, 1.82) is 0 Å². The van der Waals surface area contributed by atoms with Crippen LogP contribution in [0.5, 0.6) is 5.75 Å². The van der Waals surface area contributed by atoms with Gasteiger partial charge < -0.3 is 24.3 Å². The number of ether oxygens (including phenoxy) is 1. The molecule has 1 amide bonds. The van der Waals surface area contributed by atoms with E-state index < -0.39 is 23.6 Å². The number of piperazine rings is 1. The summed E-state index contributed by atoms with van der Waals surface area (Å²) in [7, 11) is 0. The number of alkyl halides is 2. The molecule has 3 aromatic rings. The van der Waals surface area contributed by atoms with Crippen LogP contribution in [0, 0.1) is 0 Å². The SMILES string of the molecule is CC(C)(O)C(F)(F)Oc1c(Cl)cc(-c2nccs2)c2oc(N3CC4CC(C3)N4C(=O)O)nc12. The highest BCUT2D eigenvalue weighted by Gasteiger charge is 2.50. The van der Waals surface area contributed by atoms with Gasteiger partial charge in [0.25, 0.3) is 6.01 Å². The van der Waals surface area contributed by atoms with Gasteiger partial charge in [0, 0.05) is 24.7 Å². The Labute approximate surface area is 195 Å². The van der Waals surface area contributed by atoms with Crippen molar-refractivity contribution in [3.63, 3.8) is 0 Å². The number of amides is 1. The van der Waals surface area contributed by atoms with E-state index in [0.29, 0.717) is 23.7 Å². The molecular formula is C20H19ClF2N4O5S. The summed E-state index contributed by atoms with van der Waals surface area (Å²) in [6, 6.07) is 1.15. The first kappa shape index (κ1) is 22.1. The first-order valence-corrected chi connectivity index (χ1v) is 11.3.